The van der Waals surface area contributed by atoms with Gasteiger partial charge in [-0.2, -0.15) is 0 Å². The van der Waals surface area contributed by atoms with Gasteiger partial charge in [-0.15, -0.1) is 10.2 Å². The molecule has 0 aliphatic rings. The molecule has 0 aliphatic carbocycles. The first kappa shape index (κ1) is 18.9. The highest BCUT2D eigenvalue weighted by Crippen LogP contribution is 2.36. The summed E-state index contributed by atoms with van der Waals surface area (Å²) in [6, 6.07) is 13.4. The van der Waals surface area contributed by atoms with Crippen LogP contribution in [0.15, 0.2) is 57.2 Å². The van der Waals surface area contributed by atoms with Crippen LogP contribution in [0.25, 0.3) is 0 Å². The Kier molecular flexibility index (Phi) is 5.65. The molecule has 134 valence electrons. The number of rotatable bonds is 5. The van der Waals surface area contributed by atoms with Gasteiger partial charge in [0.25, 0.3) is 0 Å². The molecule has 1 amide bonds. The highest BCUT2D eigenvalue weighted by molar-refractivity contribution is 8.01. The van der Waals surface area contributed by atoms with Crippen molar-refractivity contribution in [2.75, 3.05) is 5.32 Å². The van der Waals surface area contributed by atoms with Gasteiger partial charge in [0.1, 0.15) is 5.51 Å². The van der Waals surface area contributed by atoms with Gasteiger partial charge in [0, 0.05) is 10.6 Å². The van der Waals surface area contributed by atoms with Gasteiger partial charge < -0.3 is 5.32 Å². The number of anilines is 1. The van der Waals surface area contributed by atoms with Crippen molar-refractivity contribution < 1.29 is 4.79 Å². The van der Waals surface area contributed by atoms with Gasteiger partial charge in [-0.3, -0.25) is 4.79 Å². The summed E-state index contributed by atoms with van der Waals surface area (Å²) >= 11 is 9.28. The number of halogens is 1. The van der Waals surface area contributed by atoms with Crippen LogP contribution >= 0.6 is 34.7 Å². The van der Waals surface area contributed by atoms with Gasteiger partial charge in [-0.25, -0.2) is 0 Å². The standard InChI is InChI=1S/C19H18ClN3OS2/c1-12-6-4-5-7-14(12)19(2,3)17(24)22-13-8-9-16(15(20)10-13)26-18-23-21-11-25-18/h4-11H,1-3H3,(H,22,24). The summed E-state index contributed by atoms with van der Waals surface area (Å²) in [4.78, 5) is 13.7. The molecule has 7 heteroatoms. The number of hydrogen-bond acceptors (Lipinski definition) is 5. The van der Waals surface area contributed by atoms with Crippen molar-refractivity contribution in [3.8, 4) is 0 Å². The molecule has 1 aromatic heterocycles. The van der Waals surface area contributed by atoms with Gasteiger partial charge in [0.05, 0.1) is 10.4 Å². The molecule has 0 unspecified atom stereocenters. The molecule has 3 rings (SSSR count). The SMILES string of the molecule is Cc1ccccc1C(C)(C)C(=O)Nc1ccc(Sc2nncs2)c(Cl)c1. The van der Waals surface area contributed by atoms with Gasteiger partial charge >= 0.3 is 0 Å². The fraction of sp³-hybridized carbons (Fsp3) is 0.211. The van der Waals surface area contributed by atoms with Crippen LogP contribution < -0.4 is 5.32 Å². The molecule has 2 aromatic carbocycles. The van der Waals surface area contributed by atoms with Crippen LogP contribution in [0.1, 0.15) is 25.0 Å². The van der Waals surface area contributed by atoms with Crippen molar-refractivity contribution in [3.63, 3.8) is 0 Å². The summed E-state index contributed by atoms with van der Waals surface area (Å²) in [7, 11) is 0. The van der Waals surface area contributed by atoms with Crippen LogP contribution in [-0.4, -0.2) is 16.1 Å². The molecule has 0 saturated carbocycles. The molecule has 0 saturated heterocycles. The minimum absolute atomic E-state index is 0.0765. The molecule has 0 fully saturated rings. The van der Waals surface area contributed by atoms with Gasteiger partial charge in [0.15, 0.2) is 4.34 Å². The molecule has 3 aromatic rings. The van der Waals surface area contributed by atoms with E-state index in [1.807, 2.05) is 57.2 Å². The number of hydrogen-bond donors (Lipinski definition) is 1. The predicted molar refractivity (Wildman–Crippen MR) is 108 cm³/mol. The van der Waals surface area contributed by atoms with E-state index < -0.39 is 5.41 Å². The molecule has 0 atom stereocenters. The lowest BCUT2D eigenvalue weighted by Gasteiger charge is -2.26. The van der Waals surface area contributed by atoms with E-state index in [4.69, 9.17) is 11.6 Å². The number of benzene rings is 2. The van der Waals surface area contributed by atoms with Crippen LogP contribution in [-0.2, 0) is 10.2 Å². The van der Waals surface area contributed by atoms with Crippen molar-refractivity contribution in [3.05, 3.63) is 64.1 Å². The van der Waals surface area contributed by atoms with E-state index in [1.165, 1.54) is 23.1 Å². The van der Waals surface area contributed by atoms with Crippen molar-refractivity contribution >= 4 is 46.3 Å². The highest BCUT2D eigenvalue weighted by atomic mass is 35.5. The second-order valence-electron chi connectivity index (χ2n) is 6.35. The summed E-state index contributed by atoms with van der Waals surface area (Å²) in [5.74, 6) is -0.0765. The van der Waals surface area contributed by atoms with E-state index in [0.717, 1.165) is 20.4 Å². The smallest absolute Gasteiger partial charge is 0.234 e. The maximum atomic E-state index is 12.9. The third kappa shape index (κ3) is 4.09. The zero-order chi connectivity index (χ0) is 18.7. The minimum atomic E-state index is -0.655. The Morgan fingerprint density at radius 2 is 2.00 bits per heavy atom. The summed E-state index contributed by atoms with van der Waals surface area (Å²) in [6.45, 7) is 5.86. The van der Waals surface area contributed by atoms with E-state index in [-0.39, 0.29) is 5.91 Å². The second kappa shape index (κ2) is 7.78. The van der Waals surface area contributed by atoms with E-state index in [0.29, 0.717) is 10.7 Å². The zero-order valence-electron chi connectivity index (χ0n) is 14.6. The Labute approximate surface area is 166 Å². The number of carbonyl (C=O) groups excluding carboxylic acids is 1. The fourth-order valence-corrected chi connectivity index (χ4v) is 4.38. The number of aryl methyl sites for hydroxylation is 1. The molecule has 26 heavy (non-hydrogen) atoms. The molecular weight excluding hydrogens is 386 g/mol. The maximum absolute atomic E-state index is 12.9. The Hall–Kier alpha value is -1.89. The summed E-state index contributed by atoms with van der Waals surface area (Å²) in [5, 5.41) is 11.4. The van der Waals surface area contributed by atoms with Crippen molar-refractivity contribution in [1.82, 2.24) is 10.2 Å². The second-order valence-corrected chi connectivity index (χ2v) is 8.88. The number of nitrogens with zero attached hydrogens (tertiary/aromatic N) is 2. The first-order valence-corrected chi connectivity index (χ1v) is 10.1. The first-order valence-electron chi connectivity index (χ1n) is 7.99. The predicted octanol–water partition coefficient (Wildman–Crippen LogP) is 5.57. The quantitative estimate of drug-likeness (QED) is 0.605. The number of amides is 1. The number of nitrogens with one attached hydrogen (secondary N) is 1. The Morgan fingerprint density at radius 3 is 2.65 bits per heavy atom. The van der Waals surface area contributed by atoms with E-state index in [2.05, 4.69) is 15.5 Å². The average molecular weight is 404 g/mol. The fourth-order valence-electron chi connectivity index (χ4n) is 2.65. The highest BCUT2D eigenvalue weighted by Gasteiger charge is 2.31. The van der Waals surface area contributed by atoms with Crippen LogP contribution in [0.5, 0.6) is 0 Å². The lowest BCUT2D eigenvalue weighted by molar-refractivity contribution is -0.120. The first-order chi connectivity index (χ1) is 12.4. The van der Waals surface area contributed by atoms with E-state index in [1.54, 1.807) is 11.6 Å². The normalized spacial score (nSPS) is 11.4. The van der Waals surface area contributed by atoms with Crippen LogP contribution in [0.4, 0.5) is 5.69 Å². The van der Waals surface area contributed by atoms with Crippen molar-refractivity contribution in [2.45, 2.75) is 35.4 Å². The summed E-state index contributed by atoms with van der Waals surface area (Å²) < 4.78 is 0.823. The molecule has 0 aliphatic heterocycles. The van der Waals surface area contributed by atoms with E-state index >= 15 is 0 Å². The number of aromatic nitrogens is 2. The van der Waals surface area contributed by atoms with Crippen molar-refractivity contribution in [1.29, 1.82) is 0 Å². The third-order valence-corrected chi connectivity index (χ3v) is 6.39. The molecule has 1 N–H and O–H groups in total. The van der Waals surface area contributed by atoms with E-state index in [9.17, 15) is 4.79 Å². The molecular formula is C19H18ClN3OS2. The van der Waals surface area contributed by atoms with Crippen LogP contribution in [0, 0.1) is 6.92 Å². The number of carbonyl (C=O) groups is 1. The average Bonchev–Trinajstić information content (AvgIpc) is 3.10. The molecule has 4 nitrogen and oxygen atoms in total. The van der Waals surface area contributed by atoms with Gasteiger partial charge in [-0.1, -0.05) is 59.0 Å². The molecule has 0 radical (unpaired) electrons. The Balaban J connectivity index is 1.77. The third-order valence-electron chi connectivity index (χ3n) is 4.11. The minimum Gasteiger partial charge on any atom is -0.325 e. The Bertz CT molecular complexity index is 926. The lowest BCUT2D eigenvalue weighted by atomic mass is 9.81. The van der Waals surface area contributed by atoms with Crippen LogP contribution in [0.3, 0.4) is 0 Å². The maximum Gasteiger partial charge on any atom is 0.234 e. The largest absolute Gasteiger partial charge is 0.325 e. The molecule has 0 spiro atoms. The van der Waals surface area contributed by atoms with Gasteiger partial charge in [0.2, 0.25) is 5.91 Å². The van der Waals surface area contributed by atoms with Crippen molar-refractivity contribution in [2.24, 2.45) is 0 Å². The zero-order valence-corrected chi connectivity index (χ0v) is 17.0. The lowest BCUT2D eigenvalue weighted by Crippen LogP contribution is -2.35. The Morgan fingerprint density at radius 1 is 1.23 bits per heavy atom. The summed E-state index contributed by atoms with van der Waals surface area (Å²) in [5.41, 5.74) is 3.79. The monoisotopic (exact) mass is 403 g/mol. The molecule has 0 bridgehead atoms. The topological polar surface area (TPSA) is 54.9 Å². The van der Waals surface area contributed by atoms with Gasteiger partial charge in [-0.05, 0) is 50.1 Å². The molecule has 1 heterocycles. The van der Waals surface area contributed by atoms with Crippen LogP contribution in [0.2, 0.25) is 5.02 Å². The summed E-state index contributed by atoms with van der Waals surface area (Å²) in [6.07, 6.45) is 0.